The molecule has 5 amide bonds. The van der Waals surface area contributed by atoms with Gasteiger partial charge in [0.2, 0.25) is 29.5 Å². The van der Waals surface area contributed by atoms with Gasteiger partial charge in [-0.3, -0.25) is 24.0 Å². The van der Waals surface area contributed by atoms with Crippen LogP contribution in [0.4, 0.5) is 0 Å². The van der Waals surface area contributed by atoms with E-state index in [4.69, 9.17) is 109 Å². The third-order valence-corrected chi connectivity index (χ3v) is 27.0. The molecule has 12 saturated heterocycles. The highest BCUT2D eigenvalue weighted by molar-refractivity contribution is 5.75. The smallest absolute Gasteiger partial charge is 0.217 e. The van der Waals surface area contributed by atoms with Gasteiger partial charge in [-0.05, 0) is 6.92 Å². The van der Waals surface area contributed by atoms with Crippen LogP contribution in [-0.2, 0) is 133 Å². The van der Waals surface area contributed by atoms with E-state index in [1.807, 2.05) is 0 Å². The van der Waals surface area contributed by atoms with Gasteiger partial charge in [-0.1, -0.05) is 0 Å². The average Bonchev–Trinajstić information content (AvgIpc) is 0.750. The Bertz CT molecular complexity index is 4110. The summed E-state index contributed by atoms with van der Waals surface area (Å²) in [5, 5.41) is 376. The molecule has 0 bridgehead atoms. The first-order valence-electron chi connectivity index (χ1n) is 47.0. The summed E-state index contributed by atoms with van der Waals surface area (Å²) >= 11 is 0. The zero-order valence-corrected chi connectivity index (χ0v) is 79.2. The molecule has 12 aliphatic heterocycles. The lowest BCUT2D eigenvalue weighted by Crippen LogP contribution is -2.72. The molecule has 147 heavy (non-hydrogen) atoms. The summed E-state index contributed by atoms with van der Waals surface area (Å²) in [6, 6.07) is -10.4. The van der Waals surface area contributed by atoms with E-state index in [2.05, 4.69) is 26.6 Å². The van der Waals surface area contributed by atoms with Crippen LogP contribution < -0.4 is 26.6 Å². The second-order valence-electron chi connectivity index (χ2n) is 37.4. The summed E-state index contributed by atoms with van der Waals surface area (Å²) in [5.74, 6) is -5.16. The molecule has 0 aromatic heterocycles. The molecule has 0 radical (unpaired) electrons. The summed E-state index contributed by atoms with van der Waals surface area (Å²) in [5.41, 5.74) is 0. The van der Waals surface area contributed by atoms with Crippen molar-refractivity contribution in [3.05, 3.63) is 0 Å². The molecule has 37 N–H and O–H groups in total. The quantitative estimate of drug-likeness (QED) is 0.0273. The van der Waals surface area contributed by atoms with Crippen LogP contribution in [0, 0.1) is 0 Å². The van der Waals surface area contributed by atoms with E-state index >= 15 is 0 Å². The Morgan fingerprint density at radius 3 is 0.823 bits per heavy atom. The fourth-order valence-corrected chi connectivity index (χ4v) is 19.1. The summed E-state index contributed by atoms with van der Waals surface area (Å²) in [4.78, 5) is 66.3. The fraction of sp³-hybridized carbons (Fsp3) is 0.939. The van der Waals surface area contributed by atoms with Gasteiger partial charge in [-0.25, -0.2) is 0 Å². The van der Waals surface area contributed by atoms with E-state index in [1.165, 1.54) is 6.92 Å². The van der Waals surface area contributed by atoms with E-state index in [1.54, 1.807) is 0 Å². The minimum Gasteiger partial charge on any atom is -0.394 e. The van der Waals surface area contributed by atoms with Gasteiger partial charge in [-0.15, -0.1) is 0 Å². The van der Waals surface area contributed by atoms with Crippen molar-refractivity contribution in [2.75, 3.05) is 72.7 Å². The zero-order valence-electron chi connectivity index (χ0n) is 79.2. The lowest BCUT2D eigenvalue weighted by molar-refractivity contribution is -0.413. The first-order chi connectivity index (χ1) is 69.5. The second-order valence-corrected chi connectivity index (χ2v) is 37.4. The van der Waals surface area contributed by atoms with Crippen molar-refractivity contribution in [3.8, 4) is 0 Å². The van der Waals surface area contributed by atoms with Gasteiger partial charge in [0.25, 0.3) is 0 Å². The highest BCUT2D eigenvalue weighted by Crippen LogP contribution is 2.43. The maximum absolute atomic E-state index is 13.8. The predicted molar refractivity (Wildman–Crippen MR) is 452 cm³/mol. The first-order valence-corrected chi connectivity index (χ1v) is 47.0. The van der Waals surface area contributed by atoms with Crippen LogP contribution in [0.2, 0.25) is 0 Å². The lowest BCUT2D eigenvalue weighted by atomic mass is 9.93. The van der Waals surface area contributed by atoms with Crippen LogP contribution in [0.15, 0.2) is 0 Å². The molecule has 850 valence electrons. The number of aliphatic hydroxyl groups is 32. The highest BCUT2D eigenvalue weighted by Gasteiger charge is 2.64. The van der Waals surface area contributed by atoms with Crippen LogP contribution in [0.3, 0.4) is 0 Å². The molecule has 12 rings (SSSR count). The van der Waals surface area contributed by atoms with E-state index in [0.717, 1.165) is 34.6 Å². The Kier molecular flexibility index (Phi) is 43.4. The molecule has 0 unspecified atom stereocenters. The molecule has 60 atom stereocenters. The zero-order chi connectivity index (χ0) is 108. The van der Waals surface area contributed by atoms with Crippen LogP contribution >= 0.6 is 0 Å². The molecular formula is C82H137N5O60. The molecule has 0 aliphatic carbocycles. The van der Waals surface area contributed by atoms with Gasteiger partial charge in [-0.2, -0.15) is 0 Å². The highest BCUT2D eigenvalue weighted by atomic mass is 16.8. The average molecular weight is 2150 g/mol. The summed E-state index contributed by atoms with van der Waals surface area (Å²) in [6.07, 6.45) is -123. The van der Waals surface area contributed by atoms with Gasteiger partial charge >= 0.3 is 0 Å². The fourth-order valence-electron chi connectivity index (χ4n) is 19.1. The molecule has 12 aliphatic rings. The standard InChI is InChI=1S/C82H137N5O60/c1-18-40(101)52(113)56(117)76(128-18)126-16-33-66(49(110)35(71(124)129-33)83-19(2)96)141-74-38(86-22(5)99)50(111)64(30(13-94)135-74)143-81-62(123)69(146-82-70(60(121)65(31(14-95)137-82)140-72-36(84-20(3)97)47(108)41(102)24(7-88)130-72)147-75-39(87-23(6)100)51(112)63(29(12-93)136-75)142-79-58(119)54(115)44(105)27(10-91)133-79)67(144-73-37(85-21(4)98)48(109)42(103)25(8-89)131-73)34(139-81)17-127-78-61(122)68(145-80-59(120)55(116)45(106)28(11-92)134-80)46(107)32(138-78)15-125-77-57(118)53(114)43(104)26(9-90)132-77/h18,24-82,88-95,101-124H,7-17H2,1-6H3,(H,83,96)(H,84,97)(H,85,98)(H,86,99)(H,87,100)/t18-,24+,25+,26+,27+,28+,29+,30+,31+,32+,33+,34+,35+,36+,37+,38+,39+,40+,41+,42+,43+,44-,45+,46+,47+,48+,49+,50+,51+,52+,53-,54-,55-,56-,57+,58+,59-,60-,61-,62-,63+,64+,65+,66+,67+,68-,69+,70-,71+,72-,73-,74-,75-,76+,77-,78-,79-,80+,81-,82+/m0/s1. The normalized spacial score (nSPS) is 49.6. The number of hydrogen-bond donors (Lipinski definition) is 37. The summed E-state index contributed by atoms with van der Waals surface area (Å²) in [6.45, 7) is -7.69. The summed E-state index contributed by atoms with van der Waals surface area (Å²) < 4.78 is 141. The number of carbonyl (C=O) groups is 5. The molecule has 65 heteroatoms. The topological polar surface area (TPSA) is 1010 Å². The maximum Gasteiger partial charge on any atom is 0.217 e. The van der Waals surface area contributed by atoms with Gasteiger partial charge in [0, 0.05) is 34.6 Å². The van der Waals surface area contributed by atoms with Crippen molar-refractivity contribution in [2.24, 2.45) is 0 Å². The van der Waals surface area contributed by atoms with E-state index in [-0.39, 0.29) is 0 Å². The third kappa shape index (κ3) is 27.0. The van der Waals surface area contributed by atoms with Crippen molar-refractivity contribution < 1.29 is 296 Å². The maximum atomic E-state index is 13.8. The van der Waals surface area contributed by atoms with E-state index < -0.39 is 470 Å². The number of ether oxygens (including phenoxy) is 23. The number of aliphatic hydroxyl groups excluding tert-OH is 32. The van der Waals surface area contributed by atoms with Gasteiger partial charge in [0.1, 0.15) is 287 Å². The van der Waals surface area contributed by atoms with E-state index in [0.29, 0.717) is 0 Å². The molecular weight excluding hydrogens is 2010 g/mol. The van der Waals surface area contributed by atoms with Gasteiger partial charge in [0.05, 0.1) is 78.8 Å². The van der Waals surface area contributed by atoms with Crippen molar-refractivity contribution >= 4 is 29.5 Å². The van der Waals surface area contributed by atoms with Crippen molar-refractivity contribution in [2.45, 2.75) is 410 Å². The Hall–Kier alpha value is -4.85. The molecule has 0 spiro atoms. The molecule has 12 fully saturated rings. The number of hydrogen-bond acceptors (Lipinski definition) is 60. The molecule has 0 aromatic rings. The van der Waals surface area contributed by atoms with Crippen molar-refractivity contribution in [3.63, 3.8) is 0 Å². The molecule has 0 saturated carbocycles. The largest absolute Gasteiger partial charge is 0.394 e. The number of nitrogens with one attached hydrogen (secondary N) is 5. The van der Waals surface area contributed by atoms with Gasteiger partial charge < -0.3 is 299 Å². The monoisotopic (exact) mass is 2150 g/mol. The number of rotatable bonds is 38. The molecule has 12 heterocycles. The Morgan fingerprint density at radius 1 is 0.190 bits per heavy atom. The molecule has 0 aromatic carbocycles. The lowest BCUT2D eigenvalue weighted by Gasteiger charge is -2.53. The summed E-state index contributed by atoms with van der Waals surface area (Å²) in [7, 11) is 0. The third-order valence-electron chi connectivity index (χ3n) is 27.0. The predicted octanol–water partition coefficient (Wildman–Crippen LogP) is -25.4. The van der Waals surface area contributed by atoms with Crippen LogP contribution in [0.5, 0.6) is 0 Å². The number of carbonyl (C=O) groups excluding carboxylic acids is 5. The van der Waals surface area contributed by atoms with Crippen molar-refractivity contribution in [1.82, 2.24) is 26.6 Å². The van der Waals surface area contributed by atoms with Crippen LogP contribution in [0.1, 0.15) is 41.5 Å². The Balaban J connectivity index is 1.01. The van der Waals surface area contributed by atoms with Crippen LogP contribution in [-0.4, -0.2) is 634 Å². The minimum absolute atomic E-state index is 0.846. The Morgan fingerprint density at radius 2 is 0.429 bits per heavy atom. The SMILES string of the molecule is CC(=O)N[C@@H]1[C@@H](O)[C@H](O[C@@H]2O[C@H](CO)[C@@H](O[C@@H]3O[C@H](CO[C@H]4O[C@H](CO[C@H]5O[C@H](CO)[C@@H](O)[C@H](O)[C@H]5O)[C@@H](O)[C@H](O[C@H]5O[C@H](CO)[C@@H](O)[C@H](O)[C@@H]5O)[C@@H]4O)[C@@H](O[C@@H]4O[C@H](CO)[C@@H](O)[C@H](O)[C@H]4NC(C)=O)[C@H](O[C@H]4O[C@H](CO)[C@@H](O[C@@H]5O[C@H](CO)[C@@H](O)[C@H](O)[C@H]5NC(C)=O)[C@H](O)[C@@H]4O[C@@H]4O[C@H](CO)[C@@H](O[C@@H]5O[C@H](CO)[C@H](O)[C@H](O)[C@H]5O)[C@H](O)[C@H]4NC(C)=O)[C@@H]3O)[C@H](O)[C@H]2NC(C)=O)[C@@H](CO[C@@H]2O[C@@H](C)[C@@H](O)[C@@H](O)[C@@H]2O)O[C@H]1O. The Labute approximate surface area is 832 Å². The number of amides is 5. The van der Waals surface area contributed by atoms with Crippen molar-refractivity contribution in [1.29, 1.82) is 0 Å². The second kappa shape index (κ2) is 52.8. The minimum atomic E-state index is -2.95. The van der Waals surface area contributed by atoms with Crippen LogP contribution in [0.25, 0.3) is 0 Å². The van der Waals surface area contributed by atoms with E-state index in [9.17, 15) is 187 Å². The van der Waals surface area contributed by atoms with Gasteiger partial charge in [0.15, 0.2) is 75.5 Å². The molecule has 65 nitrogen and oxygen atoms in total. The first kappa shape index (κ1) is 121.